The lowest BCUT2D eigenvalue weighted by Crippen LogP contribution is -2.64. The van der Waals surface area contributed by atoms with Crippen molar-refractivity contribution in [3.63, 3.8) is 0 Å². The molecule has 172 valence electrons. The molecule has 6 nitrogen and oxygen atoms in total. The van der Waals surface area contributed by atoms with Crippen LogP contribution in [-0.2, 0) is 6.18 Å². The number of alkyl halides is 3. The monoisotopic (exact) mass is 450 g/mol. The standard InChI is InChI=1S/C23H27F3N3O3/c24-23(25,26)17-4-9-21(28-16-17)31-19-5-7-20(8-6-19)32-22(30)29(14-2-1-3-15-29)18-10-12-27-13-11-18/h4-9,16,18,27H,1-3,10-15H2/q+1. The first-order valence-corrected chi connectivity index (χ1v) is 11.0. The normalized spacial score (nSPS) is 19.3. The minimum absolute atomic E-state index is 0.0477. The number of rotatable bonds is 4. The Balaban J connectivity index is 1.41. The molecule has 0 radical (unpaired) electrons. The van der Waals surface area contributed by atoms with E-state index in [0.29, 0.717) is 16.0 Å². The Hall–Kier alpha value is -2.65. The zero-order valence-corrected chi connectivity index (χ0v) is 17.7. The highest BCUT2D eigenvalue weighted by atomic mass is 19.4. The molecular weight excluding hydrogens is 423 g/mol. The molecule has 0 bridgehead atoms. The van der Waals surface area contributed by atoms with Crippen LogP contribution in [0.15, 0.2) is 42.6 Å². The lowest BCUT2D eigenvalue weighted by molar-refractivity contribution is -0.887. The van der Waals surface area contributed by atoms with E-state index in [1.165, 1.54) is 6.07 Å². The summed E-state index contributed by atoms with van der Waals surface area (Å²) in [5.74, 6) is 0.850. The summed E-state index contributed by atoms with van der Waals surface area (Å²) >= 11 is 0. The molecule has 0 aliphatic carbocycles. The van der Waals surface area contributed by atoms with Gasteiger partial charge in [0, 0.05) is 38.2 Å². The predicted molar refractivity (Wildman–Crippen MR) is 112 cm³/mol. The second kappa shape index (κ2) is 9.46. The number of quaternary nitrogens is 1. The smallest absolute Gasteiger partial charge is 0.439 e. The molecule has 2 aliphatic rings. The molecule has 1 aromatic carbocycles. The number of nitrogens with zero attached hydrogens (tertiary/aromatic N) is 2. The van der Waals surface area contributed by atoms with Crippen molar-refractivity contribution >= 4 is 6.09 Å². The van der Waals surface area contributed by atoms with Crippen molar-refractivity contribution in [2.75, 3.05) is 26.2 Å². The van der Waals surface area contributed by atoms with E-state index in [1.807, 2.05) is 0 Å². The minimum Gasteiger partial charge on any atom is -0.439 e. The summed E-state index contributed by atoms with van der Waals surface area (Å²) in [5.41, 5.74) is -0.837. The zero-order valence-electron chi connectivity index (χ0n) is 17.7. The first-order valence-electron chi connectivity index (χ1n) is 11.0. The number of nitrogens with one attached hydrogen (secondary N) is 1. The lowest BCUT2D eigenvalue weighted by Gasteiger charge is -2.44. The second-order valence-corrected chi connectivity index (χ2v) is 8.35. The van der Waals surface area contributed by atoms with Crippen molar-refractivity contribution in [1.82, 2.24) is 10.3 Å². The van der Waals surface area contributed by atoms with Crippen molar-refractivity contribution < 1.29 is 31.9 Å². The van der Waals surface area contributed by atoms with Gasteiger partial charge in [0.2, 0.25) is 5.88 Å². The van der Waals surface area contributed by atoms with Crippen LogP contribution in [-0.4, -0.2) is 47.8 Å². The van der Waals surface area contributed by atoms with Crippen LogP contribution in [0.25, 0.3) is 0 Å². The molecule has 0 saturated carbocycles. The number of hydrogen-bond acceptors (Lipinski definition) is 5. The van der Waals surface area contributed by atoms with E-state index in [0.717, 1.165) is 70.5 Å². The van der Waals surface area contributed by atoms with E-state index in [-0.39, 0.29) is 18.0 Å². The topological polar surface area (TPSA) is 60.5 Å². The van der Waals surface area contributed by atoms with Gasteiger partial charge in [-0.2, -0.15) is 18.0 Å². The molecule has 1 aromatic heterocycles. The maximum Gasteiger partial charge on any atom is 0.521 e. The maximum absolute atomic E-state index is 13.3. The molecule has 1 N–H and O–H groups in total. The lowest BCUT2D eigenvalue weighted by atomic mass is 9.97. The molecule has 0 spiro atoms. The maximum atomic E-state index is 13.3. The van der Waals surface area contributed by atoms with E-state index >= 15 is 0 Å². The van der Waals surface area contributed by atoms with Crippen LogP contribution in [0.5, 0.6) is 17.4 Å². The molecule has 32 heavy (non-hydrogen) atoms. The average Bonchev–Trinajstić information content (AvgIpc) is 2.81. The molecule has 4 rings (SSSR count). The fourth-order valence-electron chi connectivity index (χ4n) is 4.57. The molecule has 0 atom stereocenters. The van der Waals surface area contributed by atoms with Crippen molar-refractivity contribution in [2.45, 2.75) is 44.3 Å². The van der Waals surface area contributed by atoms with Gasteiger partial charge in [-0.05, 0) is 49.6 Å². The Morgan fingerprint density at radius 2 is 1.62 bits per heavy atom. The van der Waals surface area contributed by atoms with Crippen molar-refractivity contribution in [2.24, 2.45) is 0 Å². The highest BCUT2D eigenvalue weighted by molar-refractivity contribution is 5.64. The predicted octanol–water partition coefficient (Wildman–Crippen LogP) is 5.14. The zero-order chi connectivity index (χ0) is 22.6. The average molecular weight is 450 g/mol. The summed E-state index contributed by atoms with van der Waals surface area (Å²) in [6, 6.07) is 8.82. The van der Waals surface area contributed by atoms with Crippen LogP contribution in [0.2, 0.25) is 0 Å². The fourth-order valence-corrected chi connectivity index (χ4v) is 4.57. The van der Waals surface area contributed by atoms with Crippen LogP contribution >= 0.6 is 0 Å². The number of pyridine rings is 1. The summed E-state index contributed by atoms with van der Waals surface area (Å²) in [6.07, 6.45) is 1.17. The van der Waals surface area contributed by atoms with Crippen molar-refractivity contribution in [3.05, 3.63) is 48.2 Å². The van der Waals surface area contributed by atoms with E-state index in [1.54, 1.807) is 24.3 Å². The molecule has 1 amide bonds. The number of aromatic nitrogens is 1. The molecule has 2 saturated heterocycles. The number of amides is 1. The first kappa shape index (κ1) is 22.5. The van der Waals surface area contributed by atoms with Gasteiger partial charge in [-0.25, -0.2) is 9.47 Å². The molecule has 0 unspecified atom stereocenters. The molecule has 2 fully saturated rings. The fraction of sp³-hybridized carbons (Fsp3) is 0.478. The third-order valence-corrected chi connectivity index (χ3v) is 6.30. The van der Waals surface area contributed by atoms with Gasteiger partial charge in [-0.3, -0.25) is 0 Å². The third-order valence-electron chi connectivity index (χ3n) is 6.30. The molecule has 2 aromatic rings. The summed E-state index contributed by atoms with van der Waals surface area (Å²) in [5, 5.41) is 3.36. The van der Waals surface area contributed by atoms with Gasteiger partial charge in [-0.15, -0.1) is 0 Å². The Labute approximate surface area is 184 Å². The highest BCUT2D eigenvalue weighted by Crippen LogP contribution is 2.32. The van der Waals surface area contributed by atoms with Gasteiger partial charge in [-0.1, -0.05) is 0 Å². The number of benzene rings is 1. The van der Waals surface area contributed by atoms with Crippen LogP contribution < -0.4 is 14.8 Å². The minimum atomic E-state index is -4.45. The van der Waals surface area contributed by atoms with Crippen molar-refractivity contribution in [1.29, 1.82) is 0 Å². The summed E-state index contributed by atoms with van der Waals surface area (Å²) < 4.78 is 49.6. The summed E-state index contributed by atoms with van der Waals surface area (Å²) in [6.45, 7) is 3.46. The van der Waals surface area contributed by atoms with E-state index in [4.69, 9.17) is 9.47 Å². The van der Waals surface area contributed by atoms with E-state index in [2.05, 4.69) is 10.3 Å². The number of hydrogen-bond donors (Lipinski definition) is 1. The Morgan fingerprint density at radius 1 is 0.969 bits per heavy atom. The molecular formula is C23H27F3N3O3+. The highest BCUT2D eigenvalue weighted by Gasteiger charge is 2.47. The van der Waals surface area contributed by atoms with Gasteiger partial charge < -0.3 is 14.8 Å². The Morgan fingerprint density at radius 3 is 2.22 bits per heavy atom. The third kappa shape index (κ3) is 5.05. The quantitative estimate of drug-likeness (QED) is 0.654. The largest absolute Gasteiger partial charge is 0.521 e. The van der Waals surface area contributed by atoms with Crippen molar-refractivity contribution in [3.8, 4) is 17.4 Å². The summed E-state index contributed by atoms with van der Waals surface area (Å²) in [7, 11) is 0. The van der Waals surface area contributed by atoms with Gasteiger partial charge >= 0.3 is 12.3 Å². The Bertz CT molecular complexity index is 905. The van der Waals surface area contributed by atoms with Gasteiger partial charge in [0.25, 0.3) is 0 Å². The van der Waals surface area contributed by atoms with Gasteiger partial charge in [0.05, 0.1) is 18.7 Å². The number of carbonyl (C=O) groups excluding carboxylic acids is 1. The van der Waals surface area contributed by atoms with E-state index < -0.39 is 11.7 Å². The second-order valence-electron chi connectivity index (χ2n) is 8.35. The Kier molecular flexibility index (Phi) is 6.66. The van der Waals surface area contributed by atoms with Crippen LogP contribution in [0.3, 0.4) is 0 Å². The van der Waals surface area contributed by atoms with Gasteiger partial charge in [0.15, 0.2) is 0 Å². The van der Waals surface area contributed by atoms with Crippen LogP contribution in [0, 0.1) is 0 Å². The van der Waals surface area contributed by atoms with Gasteiger partial charge in [0.1, 0.15) is 17.5 Å². The van der Waals surface area contributed by atoms with Crippen LogP contribution in [0.4, 0.5) is 18.0 Å². The number of carbonyl (C=O) groups is 1. The molecule has 9 heteroatoms. The first-order chi connectivity index (χ1) is 15.4. The van der Waals surface area contributed by atoms with E-state index in [9.17, 15) is 18.0 Å². The molecule has 3 heterocycles. The number of ether oxygens (including phenoxy) is 2. The number of piperidine rings is 2. The number of likely N-dealkylation sites (tertiary alicyclic amines) is 1. The molecule has 2 aliphatic heterocycles. The SMILES string of the molecule is O=C(Oc1ccc(Oc2ccc(C(F)(F)F)cn2)cc1)[N+]1(C2CCNCC2)CCCCC1. The summed E-state index contributed by atoms with van der Waals surface area (Å²) in [4.78, 5) is 17.0. The number of halogens is 3. The van der Waals surface area contributed by atoms with Crippen LogP contribution in [0.1, 0.15) is 37.7 Å².